The third-order valence-corrected chi connectivity index (χ3v) is 3.18. The number of pyridine rings is 1. The fraction of sp³-hybridized carbons (Fsp3) is 0.0625. The number of aromatic nitrogens is 1. The van der Waals surface area contributed by atoms with Crippen LogP contribution in [-0.2, 0) is 6.61 Å². The monoisotopic (exact) mass is 280 g/mol. The minimum atomic E-state index is -0.399. The second kappa shape index (κ2) is 5.58. The van der Waals surface area contributed by atoms with Crippen LogP contribution in [0.1, 0.15) is 5.56 Å². The quantitative estimate of drug-likeness (QED) is 0.539. The first kappa shape index (κ1) is 13.1. The predicted octanol–water partition coefficient (Wildman–Crippen LogP) is 3.72. The van der Waals surface area contributed by atoms with Crippen molar-refractivity contribution in [1.29, 1.82) is 0 Å². The van der Waals surface area contributed by atoms with Crippen LogP contribution in [0.25, 0.3) is 10.9 Å². The summed E-state index contributed by atoms with van der Waals surface area (Å²) in [7, 11) is 0. The number of nitrogens with zero attached hydrogens (tertiary/aromatic N) is 2. The summed E-state index contributed by atoms with van der Waals surface area (Å²) in [6.07, 6.45) is 1.66. The molecule has 0 bridgehead atoms. The third-order valence-electron chi connectivity index (χ3n) is 3.18. The van der Waals surface area contributed by atoms with Gasteiger partial charge in [0.05, 0.1) is 16.0 Å². The molecule has 0 atom stereocenters. The zero-order chi connectivity index (χ0) is 14.7. The molecule has 2 aromatic carbocycles. The highest BCUT2D eigenvalue weighted by atomic mass is 16.6. The molecule has 0 radical (unpaired) electrons. The molecule has 0 fully saturated rings. The van der Waals surface area contributed by atoms with Crippen LogP contribution < -0.4 is 4.74 Å². The second-order valence-electron chi connectivity index (χ2n) is 4.50. The van der Waals surface area contributed by atoms with Crippen LogP contribution in [-0.4, -0.2) is 9.91 Å². The SMILES string of the molecule is O=[N+]([O-])c1ccccc1COc1ccnc2ccccc12. The predicted molar refractivity (Wildman–Crippen MR) is 79.2 cm³/mol. The number of para-hydroxylation sites is 2. The molecule has 0 amide bonds. The van der Waals surface area contributed by atoms with Crippen molar-refractivity contribution in [2.24, 2.45) is 0 Å². The fourth-order valence-electron chi connectivity index (χ4n) is 2.16. The van der Waals surface area contributed by atoms with Gasteiger partial charge in [0.2, 0.25) is 0 Å². The zero-order valence-corrected chi connectivity index (χ0v) is 11.1. The average Bonchev–Trinajstić information content (AvgIpc) is 2.53. The van der Waals surface area contributed by atoms with E-state index in [1.54, 1.807) is 30.5 Å². The molecule has 5 heteroatoms. The van der Waals surface area contributed by atoms with Crippen molar-refractivity contribution in [3.8, 4) is 5.75 Å². The van der Waals surface area contributed by atoms with Gasteiger partial charge in [-0.25, -0.2) is 0 Å². The number of hydrogen-bond acceptors (Lipinski definition) is 4. The van der Waals surface area contributed by atoms with Gasteiger partial charge >= 0.3 is 0 Å². The molecule has 21 heavy (non-hydrogen) atoms. The van der Waals surface area contributed by atoms with Gasteiger partial charge in [-0.2, -0.15) is 0 Å². The van der Waals surface area contributed by atoms with Crippen molar-refractivity contribution in [2.75, 3.05) is 0 Å². The van der Waals surface area contributed by atoms with Gasteiger partial charge in [0, 0.05) is 17.6 Å². The van der Waals surface area contributed by atoms with Crippen molar-refractivity contribution in [3.63, 3.8) is 0 Å². The Morgan fingerprint density at radius 1 is 1.05 bits per heavy atom. The first-order valence-corrected chi connectivity index (χ1v) is 6.44. The van der Waals surface area contributed by atoms with Gasteiger partial charge in [-0.3, -0.25) is 15.1 Å². The lowest BCUT2D eigenvalue weighted by molar-refractivity contribution is -0.385. The van der Waals surface area contributed by atoms with Crippen molar-refractivity contribution < 1.29 is 9.66 Å². The molecule has 1 heterocycles. The number of fused-ring (bicyclic) bond motifs is 1. The maximum Gasteiger partial charge on any atom is 0.276 e. The van der Waals surface area contributed by atoms with E-state index in [1.807, 2.05) is 24.3 Å². The number of rotatable bonds is 4. The molecule has 0 aliphatic carbocycles. The molecule has 5 nitrogen and oxygen atoms in total. The van der Waals surface area contributed by atoms with Crippen LogP contribution in [0.5, 0.6) is 5.75 Å². The molecule has 0 aliphatic rings. The summed E-state index contributed by atoms with van der Waals surface area (Å²) in [5.74, 6) is 0.666. The Balaban J connectivity index is 1.89. The largest absolute Gasteiger partial charge is 0.488 e. The summed E-state index contributed by atoms with van der Waals surface area (Å²) in [5, 5.41) is 11.9. The molecular weight excluding hydrogens is 268 g/mol. The van der Waals surface area contributed by atoms with E-state index in [0.29, 0.717) is 11.3 Å². The minimum absolute atomic E-state index is 0.0656. The topological polar surface area (TPSA) is 65.3 Å². The second-order valence-corrected chi connectivity index (χ2v) is 4.50. The summed E-state index contributed by atoms with van der Waals surface area (Å²) >= 11 is 0. The highest BCUT2D eigenvalue weighted by Gasteiger charge is 2.13. The summed E-state index contributed by atoms with van der Waals surface area (Å²) in [6.45, 7) is 0.144. The van der Waals surface area contributed by atoms with Crippen LogP contribution in [0.15, 0.2) is 60.8 Å². The maximum absolute atomic E-state index is 11.0. The van der Waals surface area contributed by atoms with Gasteiger partial charge in [0.25, 0.3) is 5.69 Å². The lowest BCUT2D eigenvalue weighted by Crippen LogP contribution is -2.00. The number of benzene rings is 2. The number of nitro benzene ring substituents is 1. The van der Waals surface area contributed by atoms with E-state index in [1.165, 1.54) is 6.07 Å². The van der Waals surface area contributed by atoms with Crippen LogP contribution in [0.3, 0.4) is 0 Å². The first-order chi connectivity index (χ1) is 10.3. The standard InChI is InChI=1S/C16H12N2O3/c19-18(20)15-8-4-1-5-12(15)11-21-16-9-10-17-14-7-3-2-6-13(14)16/h1-10H,11H2. The van der Waals surface area contributed by atoms with Crippen molar-refractivity contribution in [3.05, 3.63) is 76.5 Å². The minimum Gasteiger partial charge on any atom is -0.488 e. The molecular formula is C16H12N2O3. The fourth-order valence-corrected chi connectivity index (χ4v) is 2.16. The summed E-state index contributed by atoms with van der Waals surface area (Å²) in [6, 6.07) is 16.0. The average molecular weight is 280 g/mol. The molecule has 0 spiro atoms. The maximum atomic E-state index is 11.0. The zero-order valence-electron chi connectivity index (χ0n) is 11.1. The van der Waals surface area contributed by atoms with E-state index >= 15 is 0 Å². The molecule has 0 aliphatic heterocycles. The van der Waals surface area contributed by atoms with Crippen LogP contribution in [0, 0.1) is 10.1 Å². The Hall–Kier alpha value is -2.95. The van der Waals surface area contributed by atoms with Gasteiger partial charge in [-0.1, -0.05) is 24.3 Å². The van der Waals surface area contributed by atoms with E-state index in [0.717, 1.165) is 10.9 Å². The molecule has 3 rings (SSSR count). The van der Waals surface area contributed by atoms with Crippen molar-refractivity contribution in [2.45, 2.75) is 6.61 Å². The third kappa shape index (κ3) is 2.67. The Kier molecular flexibility index (Phi) is 3.47. The van der Waals surface area contributed by atoms with Crippen molar-refractivity contribution in [1.82, 2.24) is 4.98 Å². The van der Waals surface area contributed by atoms with Crippen LogP contribution in [0.4, 0.5) is 5.69 Å². The van der Waals surface area contributed by atoms with Crippen LogP contribution >= 0.6 is 0 Å². The first-order valence-electron chi connectivity index (χ1n) is 6.44. The van der Waals surface area contributed by atoms with E-state index in [2.05, 4.69) is 4.98 Å². The smallest absolute Gasteiger partial charge is 0.276 e. The normalized spacial score (nSPS) is 10.5. The van der Waals surface area contributed by atoms with E-state index in [-0.39, 0.29) is 12.3 Å². The van der Waals surface area contributed by atoms with Gasteiger partial charge in [0.15, 0.2) is 0 Å². The lowest BCUT2D eigenvalue weighted by Gasteiger charge is -2.09. The lowest BCUT2D eigenvalue weighted by atomic mass is 10.2. The highest BCUT2D eigenvalue weighted by molar-refractivity contribution is 5.84. The molecule has 104 valence electrons. The summed E-state index contributed by atoms with van der Waals surface area (Å²) in [5.41, 5.74) is 1.44. The number of hydrogen-bond donors (Lipinski definition) is 0. The summed E-state index contributed by atoms with van der Waals surface area (Å²) in [4.78, 5) is 14.8. The number of nitro groups is 1. The Labute approximate surface area is 121 Å². The summed E-state index contributed by atoms with van der Waals surface area (Å²) < 4.78 is 5.75. The molecule has 0 unspecified atom stereocenters. The molecule has 0 saturated heterocycles. The molecule has 0 saturated carbocycles. The number of ether oxygens (including phenoxy) is 1. The van der Waals surface area contributed by atoms with Gasteiger partial charge in [-0.15, -0.1) is 0 Å². The van der Waals surface area contributed by atoms with Crippen molar-refractivity contribution >= 4 is 16.6 Å². The Bertz CT molecular complexity index is 797. The van der Waals surface area contributed by atoms with E-state index in [9.17, 15) is 10.1 Å². The Morgan fingerprint density at radius 2 is 1.81 bits per heavy atom. The Morgan fingerprint density at radius 3 is 2.67 bits per heavy atom. The molecule has 1 aromatic heterocycles. The van der Waals surface area contributed by atoms with Crippen LogP contribution in [0.2, 0.25) is 0 Å². The van der Waals surface area contributed by atoms with Gasteiger partial charge in [0.1, 0.15) is 12.4 Å². The van der Waals surface area contributed by atoms with Gasteiger partial charge < -0.3 is 4.74 Å². The van der Waals surface area contributed by atoms with Gasteiger partial charge in [-0.05, 0) is 24.3 Å². The molecule has 0 N–H and O–H groups in total. The van der Waals surface area contributed by atoms with E-state index in [4.69, 9.17) is 4.74 Å². The molecule has 3 aromatic rings. The van der Waals surface area contributed by atoms with E-state index < -0.39 is 4.92 Å². The highest BCUT2D eigenvalue weighted by Crippen LogP contribution is 2.26.